The minimum absolute atomic E-state index is 0.368. The van der Waals surface area contributed by atoms with Gasteiger partial charge >= 0.3 is 0 Å². The molecule has 2 saturated heterocycles. The van der Waals surface area contributed by atoms with E-state index >= 15 is 0 Å². The quantitative estimate of drug-likeness (QED) is 0.585. The molecular weight excluding hydrogens is 202 g/mol. The monoisotopic (exact) mass is 219 g/mol. The van der Waals surface area contributed by atoms with Crippen LogP contribution in [0.2, 0.25) is 0 Å². The molecule has 0 aromatic heterocycles. The van der Waals surface area contributed by atoms with Crippen molar-refractivity contribution in [3.8, 4) is 0 Å². The zero-order valence-electron chi connectivity index (χ0n) is 8.44. The van der Waals surface area contributed by atoms with Crippen LogP contribution in [0.4, 0.5) is 0 Å². The fraction of sp³-hybridized carbons (Fsp3) is 1.00. The maximum Gasteiger partial charge on any atom is 0.211 e. The van der Waals surface area contributed by atoms with Crippen LogP contribution in [0.1, 0.15) is 0 Å². The second-order valence-electron chi connectivity index (χ2n) is 4.01. The molecule has 0 saturated carbocycles. The lowest BCUT2D eigenvalue weighted by Gasteiger charge is -2.43. The Hall–Kier alpha value is -0.170. The van der Waals surface area contributed by atoms with Gasteiger partial charge in [-0.25, -0.2) is 8.42 Å². The number of piperazine rings is 2. The van der Waals surface area contributed by atoms with Crippen molar-refractivity contribution in [3.63, 3.8) is 0 Å². The lowest BCUT2D eigenvalue weighted by molar-refractivity contribution is 0.0959. The van der Waals surface area contributed by atoms with Gasteiger partial charge in [-0.05, 0) is 0 Å². The maximum atomic E-state index is 11.3. The van der Waals surface area contributed by atoms with Crippen LogP contribution in [0.25, 0.3) is 0 Å². The van der Waals surface area contributed by atoms with E-state index < -0.39 is 10.0 Å². The van der Waals surface area contributed by atoms with E-state index in [2.05, 4.69) is 10.2 Å². The summed E-state index contributed by atoms with van der Waals surface area (Å²) >= 11 is 0. The number of nitrogens with one attached hydrogen (secondary N) is 1. The normalized spacial score (nSPS) is 31.4. The van der Waals surface area contributed by atoms with Gasteiger partial charge in [0.1, 0.15) is 0 Å². The molecule has 2 aliphatic rings. The van der Waals surface area contributed by atoms with E-state index in [4.69, 9.17) is 0 Å². The predicted molar refractivity (Wildman–Crippen MR) is 54.6 cm³/mol. The van der Waals surface area contributed by atoms with Gasteiger partial charge in [-0.3, -0.25) is 4.90 Å². The largest absolute Gasteiger partial charge is 0.314 e. The topological polar surface area (TPSA) is 52.7 Å². The molecule has 14 heavy (non-hydrogen) atoms. The Balaban J connectivity index is 2.03. The molecule has 0 spiro atoms. The van der Waals surface area contributed by atoms with E-state index in [1.54, 1.807) is 4.31 Å². The van der Waals surface area contributed by atoms with Crippen LogP contribution in [-0.4, -0.2) is 69.2 Å². The zero-order chi connectivity index (χ0) is 10.2. The predicted octanol–water partition coefficient (Wildman–Crippen LogP) is -1.46. The van der Waals surface area contributed by atoms with Crippen LogP contribution < -0.4 is 5.32 Å². The molecule has 1 N–H and O–H groups in total. The third kappa shape index (κ3) is 2.08. The van der Waals surface area contributed by atoms with E-state index in [1.165, 1.54) is 6.26 Å². The summed E-state index contributed by atoms with van der Waals surface area (Å²) in [4.78, 5) is 2.37. The molecule has 0 aromatic rings. The molecule has 2 heterocycles. The molecule has 0 radical (unpaired) electrons. The first-order valence-electron chi connectivity index (χ1n) is 4.97. The van der Waals surface area contributed by atoms with Crippen LogP contribution in [0, 0.1) is 0 Å². The van der Waals surface area contributed by atoms with E-state index in [1.807, 2.05) is 0 Å². The zero-order valence-corrected chi connectivity index (χ0v) is 9.26. The SMILES string of the molecule is CS(=O)(=O)N1CCN2CCNCC2C1. The summed E-state index contributed by atoms with van der Waals surface area (Å²) in [5.74, 6) is 0. The molecule has 0 amide bonds. The van der Waals surface area contributed by atoms with Crippen molar-refractivity contribution in [1.82, 2.24) is 14.5 Å². The number of rotatable bonds is 1. The van der Waals surface area contributed by atoms with Gasteiger partial charge in [0.05, 0.1) is 6.26 Å². The van der Waals surface area contributed by atoms with E-state index in [-0.39, 0.29) is 0 Å². The summed E-state index contributed by atoms with van der Waals surface area (Å²) in [6.45, 7) is 5.14. The molecule has 5 nitrogen and oxygen atoms in total. The van der Waals surface area contributed by atoms with Gasteiger partial charge in [0, 0.05) is 45.3 Å². The minimum atomic E-state index is -3.00. The van der Waals surface area contributed by atoms with Crippen molar-refractivity contribution in [3.05, 3.63) is 0 Å². The Morgan fingerprint density at radius 2 is 2.07 bits per heavy atom. The molecule has 2 aliphatic heterocycles. The Labute approximate surface area is 85.1 Å². The first kappa shape index (κ1) is 10.4. The third-order valence-corrected chi connectivity index (χ3v) is 4.26. The molecule has 0 bridgehead atoms. The van der Waals surface area contributed by atoms with Crippen molar-refractivity contribution >= 4 is 10.0 Å². The van der Waals surface area contributed by atoms with Gasteiger partial charge in [0.25, 0.3) is 0 Å². The molecule has 82 valence electrons. The Morgan fingerprint density at radius 3 is 2.79 bits per heavy atom. The molecule has 2 rings (SSSR count). The average Bonchev–Trinajstić information content (AvgIpc) is 2.16. The van der Waals surface area contributed by atoms with Gasteiger partial charge < -0.3 is 5.32 Å². The molecule has 0 aromatic carbocycles. The first-order valence-corrected chi connectivity index (χ1v) is 6.82. The van der Waals surface area contributed by atoms with Crippen molar-refractivity contribution in [2.75, 3.05) is 45.5 Å². The van der Waals surface area contributed by atoms with E-state index in [0.717, 1.165) is 26.2 Å². The lowest BCUT2D eigenvalue weighted by atomic mass is 10.1. The fourth-order valence-electron chi connectivity index (χ4n) is 2.14. The summed E-state index contributed by atoms with van der Waals surface area (Å²) in [5.41, 5.74) is 0. The highest BCUT2D eigenvalue weighted by molar-refractivity contribution is 7.88. The van der Waals surface area contributed by atoms with Crippen LogP contribution in [0.15, 0.2) is 0 Å². The van der Waals surface area contributed by atoms with Crippen LogP contribution in [0.5, 0.6) is 0 Å². The second kappa shape index (κ2) is 3.77. The molecule has 6 heteroatoms. The van der Waals surface area contributed by atoms with E-state index in [0.29, 0.717) is 19.1 Å². The lowest BCUT2D eigenvalue weighted by Crippen LogP contribution is -2.61. The Bertz CT molecular complexity index is 304. The highest BCUT2D eigenvalue weighted by Gasteiger charge is 2.32. The maximum absolute atomic E-state index is 11.3. The second-order valence-corrected chi connectivity index (χ2v) is 6.00. The first-order chi connectivity index (χ1) is 6.57. The van der Waals surface area contributed by atoms with Crippen molar-refractivity contribution in [2.45, 2.75) is 6.04 Å². The van der Waals surface area contributed by atoms with Crippen molar-refractivity contribution in [1.29, 1.82) is 0 Å². The molecule has 1 unspecified atom stereocenters. The average molecular weight is 219 g/mol. The summed E-state index contributed by atoms with van der Waals surface area (Å²) in [7, 11) is -3.00. The highest BCUT2D eigenvalue weighted by atomic mass is 32.2. The molecule has 1 atom stereocenters. The van der Waals surface area contributed by atoms with Crippen LogP contribution >= 0.6 is 0 Å². The number of nitrogens with zero attached hydrogens (tertiary/aromatic N) is 2. The van der Waals surface area contributed by atoms with Crippen LogP contribution in [-0.2, 0) is 10.0 Å². The molecule has 2 fully saturated rings. The summed E-state index contributed by atoms with van der Waals surface area (Å²) in [5, 5.41) is 3.29. The smallest absolute Gasteiger partial charge is 0.211 e. The number of hydrogen-bond acceptors (Lipinski definition) is 4. The summed E-state index contributed by atoms with van der Waals surface area (Å²) in [6, 6.07) is 0.368. The van der Waals surface area contributed by atoms with E-state index in [9.17, 15) is 8.42 Å². The van der Waals surface area contributed by atoms with Gasteiger partial charge in [-0.15, -0.1) is 0 Å². The Morgan fingerprint density at radius 1 is 1.29 bits per heavy atom. The summed E-state index contributed by atoms with van der Waals surface area (Å²) < 4.78 is 24.3. The third-order valence-electron chi connectivity index (χ3n) is 2.99. The highest BCUT2D eigenvalue weighted by Crippen LogP contribution is 2.13. The van der Waals surface area contributed by atoms with Gasteiger partial charge in [-0.1, -0.05) is 0 Å². The van der Waals surface area contributed by atoms with Crippen LogP contribution in [0.3, 0.4) is 0 Å². The molecular formula is C8H17N3O2S. The van der Waals surface area contributed by atoms with Gasteiger partial charge in [-0.2, -0.15) is 4.31 Å². The van der Waals surface area contributed by atoms with Gasteiger partial charge in [0.15, 0.2) is 0 Å². The van der Waals surface area contributed by atoms with Crippen molar-refractivity contribution in [2.24, 2.45) is 0 Å². The summed E-state index contributed by atoms with van der Waals surface area (Å²) in [6.07, 6.45) is 1.29. The standard InChI is InChI=1S/C8H17N3O2S/c1-14(12,13)11-5-4-10-3-2-9-6-8(10)7-11/h8-9H,2-7H2,1H3. The Kier molecular flexibility index (Phi) is 2.79. The fourth-order valence-corrected chi connectivity index (χ4v) is 3.00. The van der Waals surface area contributed by atoms with Crippen molar-refractivity contribution < 1.29 is 8.42 Å². The number of fused-ring (bicyclic) bond motifs is 1. The van der Waals surface area contributed by atoms with Gasteiger partial charge in [0.2, 0.25) is 10.0 Å². The number of sulfonamides is 1. The minimum Gasteiger partial charge on any atom is -0.314 e. The molecule has 0 aliphatic carbocycles. The number of hydrogen-bond donors (Lipinski definition) is 1.